The molecule has 120 valence electrons. The van der Waals surface area contributed by atoms with Crippen LogP contribution < -0.4 is 0 Å². The first-order chi connectivity index (χ1) is 11.1. The number of carbonyl (C=O) groups excluding carboxylic acids is 3. The number of unbranched alkanes of at least 4 members (excludes halogenated alkanes) is 2. The fourth-order valence-corrected chi connectivity index (χ4v) is 4.78. The van der Waals surface area contributed by atoms with Gasteiger partial charge in [0.15, 0.2) is 5.78 Å². The molecule has 1 spiro atoms. The Morgan fingerprint density at radius 1 is 1.22 bits per heavy atom. The lowest BCUT2D eigenvalue weighted by atomic mass is 9.67. The lowest BCUT2D eigenvalue weighted by molar-refractivity contribution is -0.140. The Hall–Kier alpha value is -1.97. The van der Waals surface area contributed by atoms with E-state index in [0.29, 0.717) is 18.5 Å². The zero-order valence-electron chi connectivity index (χ0n) is 13.4. The highest BCUT2D eigenvalue weighted by atomic mass is 16.2. The zero-order valence-corrected chi connectivity index (χ0v) is 13.4. The molecule has 0 bridgehead atoms. The number of aryl methyl sites for hydroxylation is 1. The molecule has 0 N–H and O–H groups in total. The summed E-state index contributed by atoms with van der Waals surface area (Å²) in [7, 11) is 0. The predicted molar refractivity (Wildman–Crippen MR) is 85.1 cm³/mol. The monoisotopic (exact) mass is 311 g/mol. The van der Waals surface area contributed by atoms with Crippen LogP contribution in [0.1, 0.15) is 60.5 Å². The predicted octanol–water partition coefficient (Wildman–Crippen LogP) is 2.63. The third kappa shape index (κ3) is 1.69. The van der Waals surface area contributed by atoms with E-state index in [1.807, 2.05) is 12.1 Å². The van der Waals surface area contributed by atoms with Crippen LogP contribution in [0.4, 0.5) is 0 Å². The van der Waals surface area contributed by atoms with Gasteiger partial charge in [-0.3, -0.25) is 19.3 Å². The summed E-state index contributed by atoms with van der Waals surface area (Å²) in [5.41, 5.74) is 1.69. The maximum atomic E-state index is 13.2. The topological polar surface area (TPSA) is 54.5 Å². The highest BCUT2D eigenvalue weighted by molar-refractivity contribution is 6.27. The van der Waals surface area contributed by atoms with Gasteiger partial charge in [-0.25, -0.2) is 0 Å². The van der Waals surface area contributed by atoms with Crippen molar-refractivity contribution in [3.8, 4) is 0 Å². The van der Waals surface area contributed by atoms with Crippen LogP contribution in [-0.2, 0) is 21.4 Å². The largest absolute Gasteiger partial charge is 0.293 e. The normalized spacial score (nSPS) is 28.3. The van der Waals surface area contributed by atoms with E-state index in [1.54, 1.807) is 6.07 Å². The molecule has 1 saturated heterocycles. The van der Waals surface area contributed by atoms with Crippen LogP contribution in [0.5, 0.6) is 0 Å². The highest BCUT2D eigenvalue weighted by Crippen LogP contribution is 2.55. The molecule has 2 atom stereocenters. The second-order valence-corrected chi connectivity index (χ2v) is 6.96. The van der Waals surface area contributed by atoms with E-state index >= 15 is 0 Å². The fraction of sp³-hybridized carbons (Fsp3) is 0.526. The highest BCUT2D eigenvalue weighted by Gasteiger charge is 2.68. The van der Waals surface area contributed by atoms with Gasteiger partial charge in [0.2, 0.25) is 11.8 Å². The molecule has 1 fully saturated rings. The maximum absolute atomic E-state index is 13.2. The molecule has 3 aliphatic rings. The molecule has 2 amide bonds. The Morgan fingerprint density at radius 2 is 2.04 bits per heavy atom. The third-order valence-corrected chi connectivity index (χ3v) is 5.76. The average Bonchev–Trinajstić information content (AvgIpc) is 2.93. The second-order valence-electron chi connectivity index (χ2n) is 6.96. The van der Waals surface area contributed by atoms with Crippen molar-refractivity contribution in [3.05, 3.63) is 34.9 Å². The smallest absolute Gasteiger partial charge is 0.241 e. The van der Waals surface area contributed by atoms with E-state index in [9.17, 15) is 14.4 Å². The molecule has 0 radical (unpaired) electrons. The Morgan fingerprint density at radius 3 is 2.83 bits per heavy atom. The first kappa shape index (κ1) is 14.6. The number of nitrogens with zero attached hydrogens (tertiary/aromatic N) is 1. The van der Waals surface area contributed by atoms with Crippen molar-refractivity contribution in [2.75, 3.05) is 6.54 Å². The number of Topliss-reactive ketones (excluding diaryl/α,β-unsaturated/α-hetero) is 1. The first-order valence-corrected chi connectivity index (χ1v) is 8.65. The van der Waals surface area contributed by atoms with Crippen LogP contribution in [0.15, 0.2) is 18.2 Å². The van der Waals surface area contributed by atoms with Gasteiger partial charge in [0.1, 0.15) is 5.92 Å². The van der Waals surface area contributed by atoms with E-state index < -0.39 is 11.3 Å². The van der Waals surface area contributed by atoms with Gasteiger partial charge in [-0.2, -0.15) is 0 Å². The minimum Gasteiger partial charge on any atom is -0.293 e. The SMILES string of the molecule is CCCCCN1C(=O)C2C(=O)c3cccc4c3C2(CCC4)C1=O. The number of likely N-dealkylation sites (tertiary alicyclic amines) is 1. The summed E-state index contributed by atoms with van der Waals surface area (Å²) < 4.78 is 0. The van der Waals surface area contributed by atoms with Crippen molar-refractivity contribution >= 4 is 17.6 Å². The van der Waals surface area contributed by atoms with Crippen molar-refractivity contribution in [1.29, 1.82) is 0 Å². The molecule has 2 aliphatic carbocycles. The molecule has 1 heterocycles. The maximum Gasteiger partial charge on any atom is 0.241 e. The minimum absolute atomic E-state index is 0.122. The molecular formula is C19H21NO3. The van der Waals surface area contributed by atoms with Gasteiger partial charge in [-0.15, -0.1) is 0 Å². The minimum atomic E-state index is -0.884. The number of amides is 2. The van der Waals surface area contributed by atoms with E-state index in [2.05, 4.69) is 6.92 Å². The van der Waals surface area contributed by atoms with E-state index in [-0.39, 0.29) is 17.6 Å². The van der Waals surface area contributed by atoms with Gasteiger partial charge in [0, 0.05) is 12.1 Å². The van der Waals surface area contributed by atoms with Crippen molar-refractivity contribution < 1.29 is 14.4 Å². The third-order valence-electron chi connectivity index (χ3n) is 5.76. The first-order valence-electron chi connectivity index (χ1n) is 8.65. The number of imide groups is 1. The number of ketones is 1. The zero-order chi connectivity index (χ0) is 16.2. The van der Waals surface area contributed by atoms with E-state index in [0.717, 1.165) is 43.2 Å². The van der Waals surface area contributed by atoms with Gasteiger partial charge < -0.3 is 0 Å². The van der Waals surface area contributed by atoms with Crippen molar-refractivity contribution in [2.24, 2.45) is 5.92 Å². The molecular weight excluding hydrogens is 290 g/mol. The summed E-state index contributed by atoms with van der Waals surface area (Å²) in [5.74, 6) is -1.32. The summed E-state index contributed by atoms with van der Waals surface area (Å²) in [6.45, 7) is 2.54. The van der Waals surface area contributed by atoms with Crippen molar-refractivity contribution in [1.82, 2.24) is 4.90 Å². The Labute approximate surface area is 135 Å². The molecule has 4 rings (SSSR count). The van der Waals surface area contributed by atoms with Crippen LogP contribution in [0, 0.1) is 5.92 Å². The summed E-state index contributed by atoms with van der Waals surface area (Å²) >= 11 is 0. The quantitative estimate of drug-likeness (QED) is 0.488. The van der Waals surface area contributed by atoms with Crippen LogP contribution >= 0.6 is 0 Å². The van der Waals surface area contributed by atoms with E-state index in [4.69, 9.17) is 0 Å². The van der Waals surface area contributed by atoms with Gasteiger partial charge in [0.25, 0.3) is 0 Å². The van der Waals surface area contributed by atoms with Gasteiger partial charge in [-0.1, -0.05) is 38.0 Å². The molecule has 1 aromatic rings. The molecule has 4 nitrogen and oxygen atoms in total. The van der Waals surface area contributed by atoms with Crippen LogP contribution in [0.2, 0.25) is 0 Å². The summed E-state index contributed by atoms with van der Waals surface area (Å²) in [6, 6.07) is 5.67. The molecule has 0 aromatic heterocycles. The number of benzene rings is 1. The van der Waals surface area contributed by atoms with Gasteiger partial charge in [-0.05, 0) is 36.8 Å². The Balaban J connectivity index is 1.82. The van der Waals surface area contributed by atoms with Gasteiger partial charge >= 0.3 is 0 Å². The van der Waals surface area contributed by atoms with Crippen molar-refractivity contribution in [3.63, 3.8) is 0 Å². The van der Waals surface area contributed by atoms with Crippen LogP contribution in [0.25, 0.3) is 0 Å². The van der Waals surface area contributed by atoms with Gasteiger partial charge in [0.05, 0.1) is 5.41 Å². The Kier molecular flexibility index (Phi) is 3.19. The van der Waals surface area contributed by atoms with E-state index in [1.165, 1.54) is 4.90 Å². The Bertz CT molecular complexity index is 723. The summed E-state index contributed by atoms with van der Waals surface area (Å²) in [6.07, 6.45) is 5.23. The van der Waals surface area contributed by atoms with Crippen LogP contribution in [0.3, 0.4) is 0 Å². The number of hydrogen-bond acceptors (Lipinski definition) is 3. The molecule has 2 unspecified atom stereocenters. The number of carbonyl (C=O) groups is 3. The standard InChI is InChI=1S/C19H21NO3/c1-2-3-4-11-20-17(22)15-16(21)13-9-5-7-12-8-6-10-19(15,14(12)13)18(20)23/h5,7,9,15H,2-4,6,8,10-11H2,1H3. The molecule has 1 aliphatic heterocycles. The number of rotatable bonds is 4. The van der Waals surface area contributed by atoms with Crippen LogP contribution in [-0.4, -0.2) is 29.0 Å². The lowest BCUT2D eigenvalue weighted by Crippen LogP contribution is -2.42. The summed E-state index contributed by atoms with van der Waals surface area (Å²) in [4.78, 5) is 40.3. The molecule has 1 aromatic carbocycles. The fourth-order valence-electron chi connectivity index (χ4n) is 4.78. The molecule has 0 saturated carbocycles. The average molecular weight is 311 g/mol. The van der Waals surface area contributed by atoms with Crippen molar-refractivity contribution in [2.45, 2.75) is 50.9 Å². The molecule has 4 heteroatoms. The lowest BCUT2D eigenvalue weighted by Gasteiger charge is -2.32. The second kappa shape index (κ2) is 5.02. The molecule has 23 heavy (non-hydrogen) atoms. The summed E-state index contributed by atoms with van der Waals surface area (Å²) in [5, 5.41) is 0. The number of hydrogen-bond donors (Lipinski definition) is 0.